The van der Waals surface area contributed by atoms with Gasteiger partial charge in [-0.1, -0.05) is 5.16 Å². The average Bonchev–Trinajstić information content (AvgIpc) is 3.00. The first-order valence-electron chi connectivity index (χ1n) is 7.89. The lowest BCUT2D eigenvalue weighted by Gasteiger charge is -2.17. The molecule has 1 N–H and O–H groups in total. The minimum atomic E-state index is -0.346. The minimum Gasteiger partial charge on any atom is -0.493 e. The van der Waals surface area contributed by atoms with Crippen LogP contribution in [0, 0.1) is 12.7 Å². The van der Waals surface area contributed by atoms with Crippen molar-refractivity contribution >= 4 is 11.1 Å². The van der Waals surface area contributed by atoms with Crippen LogP contribution in [0.3, 0.4) is 0 Å². The van der Waals surface area contributed by atoms with E-state index in [1.165, 1.54) is 20.3 Å². The summed E-state index contributed by atoms with van der Waals surface area (Å²) in [4.78, 5) is 4.24. The van der Waals surface area contributed by atoms with E-state index in [9.17, 15) is 4.39 Å². The average molecular weight is 345 g/mol. The van der Waals surface area contributed by atoms with E-state index in [-0.39, 0.29) is 11.9 Å². The molecule has 0 aliphatic heterocycles. The van der Waals surface area contributed by atoms with Crippen molar-refractivity contribution in [2.75, 3.05) is 14.2 Å². The Morgan fingerprint density at radius 3 is 2.64 bits per heavy atom. The summed E-state index contributed by atoms with van der Waals surface area (Å²) in [6, 6.07) is 4.73. The Hall–Kier alpha value is -2.67. The maximum Gasteiger partial charge on any atom is 0.257 e. The van der Waals surface area contributed by atoms with E-state index < -0.39 is 0 Å². The fourth-order valence-electron chi connectivity index (χ4n) is 2.67. The third kappa shape index (κ3) is 3.41. The van der Waals surface area contributed by atoms with Gasteiger partial charge in [-0.05, 0) is 31.5 Å². The second kappa shape index (κ2) is 7.06. The van der Waals surface area contributed by atoms with Crippen LogP contribution in [0.25, 0.3) is 11.1 Å². The Labute approximate surface area is 144 Å². The van der Waals surface area contributed by atoms with E-state index in [2.05, 4.69) is 15.5 Å². The molecule has 3 rings (SSSR count). The predicted molar refractivity (Wildman–Crippen MR) is 91.3 cm³/mol. The molecule has 0 amide bonds. The van der Waals surface area contributed by atoms with E-state index in [0.717, 1.165) is 16.6 Å². The zero-order valence-corrected chi connectivity index (χ0v) is 14.6. The van der Waals surface area contributed by atoms with Gasteiger partial charge in [0.25, 0.3) is 5.71 Å². The van der Waals surface area contributed by atoms with Crippen LogP contribution in [0.4, 0.5) is 4.39 Å². The van der Waals surface area contributed by atoms with Gasteiger partial charge in [-0.2, -0.15) is 0 Å². The highest BCUT2D eigenvalue weighted by molar-refractivity contribution is 5.75. The maximum absolute atomic E-state index is 14.3. The van der Waals surface area contributed by atoms with Gasteiger partial charge in [0.05, 0.1) is 25.3 Å². The zero-order chi connectivity index (χ0) is 18.0. The van der Waals surface area contributed by atoms with Crippen molar-refractivity contribution in [2.24, 2.45) is 0 Å². The number of pyridine rings is 1. The smallest absolute Gasteiger partial charge is 0.257 e. The molecule has 0 radical (unpaired) electrons. The second-order valence-electron chi connectivity index (χ2n) is 5.80. The van der Waals surface area contributed by atoms with Crippen LogP contribution in [0.5, 0.6) is 11.5 Å². The summed E-state index contributed by atoms with van der Waals surface area (Å²) in [6.45, 7) is 4.29. The van der Waals surface area contributed by atoms with Crippen molar-refractivity contribution in [3.63, 3.8) is 0 Å². The van der Waals surface area contributed by atoms with Crippen LogP contribution in [0.2, 0.25) is 0 Å². The van der Waals surface area contributed by atoms with Crippen molar-refractivity contribution in [1.29, 1.82) is 0 Å². The SMILES string of the molecule is COc1cc(F)c([C@@H](C)NCc2cnc3onc(C)c3c2)cc1OC. The van der Waals surface area contributed by atoms with Crippen LogP contribution < -0.4 is 14.8 Å². The summed E-state index contributed by atoms with van der Waals surface area (Å²) < 4.78 is 29.8. The van der Waals surface area contributed by atoms with Gasteiger partial charge in [0.15, 0.2) is 11.5 Å². The van der Waals surface area contributed by atoms with Gasteiger partial charge >= 0.3 is 0 Å². The molecule has 0 saturated carbocycles. The van der Waals surface area contributed by atoms with Gasteiger partial charge < -0.3 is 19.3 Å². The van der Waals surface area contributed by atoms with Crippen LogP contribution >= 0.6 is 0 Å². The molecule has 2 heterocycles. The van der Waals surface area contributed by atoms with E-state index in [1.807, 2.05) is 19.9 Å². The van der Waals surface area contributed by atoms with Gasteiger partial charge in [-0.15, -0.1) is 0 Å². The van der Waals surface area contributed by atoms with E-state index in [4.69, 9.17) is 14.0 Å². The highest BCUT2D eigenvalue weighted by Crippen LogP contribution is 2.32. The lowest BCUT2D eigenvalue weighted by Crippen LogP contribution is -2.19. The molecule has 0 aliphatic rings. The number of nitrogens with one attached hydrogen (secondary N) is 1. The summed E-state index contributed by atoms with van der Waals surface area (Å²) in [5, 5.41) is 8.07. The topological polar surface area (TPSA) is 69.4 Å². The molecule has 132 valence electrons. The third-order valence-corrected chi connectivity index (χ3v) is 4.15. The highest BCUT2D eigenvalue weighted by atomic mass is 19.1. The van der Waals surface area contributed by atoms with Crippen LogP contribution in [0.1, 0.15) is 29.8 Å². The number of methoxy groups -OCH3 is 2. The number of aromatic nitrogens is 2. The molecule has 0 bridgehead atoms. The molecular formula is C18H20FN3O3. The number of halogens is 1. The highest BCUT2D eigenvalue weighted by Gasteiger charge is 2.16. The Bertz CT molecular complexity index is 895. The maximum atomic E-state index is 14.3. The molecule has 0 saturated heterocycles. The van der Waals surface area contributed by atoms with Crippen molar-refractivity contribution < 1.29 is 18.4 Å². The fourth-order valence-corrected chi connectivity index (χ4v) is 2.67. The molecule has 1 aromatic carbocycles. The molecule has 3 aromatic rings. The summed E-state index contributed by atoms with van der Waals surface area (Å²) in [7, 11) is 3.01. The van der Waals surface area contributed by atoms with Gasteiger partial charge in [0, 0.05) is 30.4 Å². The number of hydrogen-bond acceptors (Lipinski definition) is 6. The number of rotatable bonds is 6. The fraction of sp³-hybridized carbons (Fsp3) is 0.333. The van der Waals surface area contributed by atoms with Crippen molar-refractivity contribution in [2.45, 2.75) is 26.4 Å². The minimum absolute atomic E-state index is 0.223. The molecule has 0 spiro atoms. The predicted octanol–water partition coefficient (Wildman–Crippen LogP) is 3.54. The Balaban J connectivity index is 1.77. The van der Waals surface area contributed by atoms with Crippen molar-refractivity contribution in [3.05, 3.63) is 47.0 Å². The number of benzene rings is 1. The molecule has 6 nitrogen and oxygen atoms in total. The third-order valence-electron chi connectivity index (χ3n) is 4.15. The standard InChI is InChI=1S/C18H20FN3O3/c1-10(13-6-16(23-3)17(24-4)7-15(13)19)20-8-12-5-14-11(2)22-25-18(14)21-9-12/h5-7,9-10,20H,8H2,1-4H3/t10-/m1/s1. The number of aryl methyl sites for hydroxylation is 1. The summed E-state index contributed by atoms with van der Waals surface area (Å²) >= 11 is 0. The molecule has 0 fully saturated rings. The monoisotopic (exact) mass is 345 g/mol. The van der Waals surface area contributed by atoms with E-state index in [1.54, 1.807) is 12.3 Å². The van der Waals surface area contributed by atoms with Gasteiger partial charge in [0.2, 0.25) is 0 Å². The Kier molecular flexibility index (Phi) is 4.85. The number of nitrogens with zero attached hydrogens (tertiary/aromatic N) is 2. The lowest BCUT2D eigenvalue weighted by molar-refractivity contribution is 0.350. The van der Waals surface area contributed by atoms with Gasteiger partial charge in [-0.3, -0.25) is 0 Å². The van der Waals surface area contributed by atoms with Crippen LogP contribution in [0.15, 0.2) is 28.9 Å². The largest absolute Gasteiger partial charge is 0.493 e. The lowest BCUT2D eigenvalue weighted by atomic mass is 10.1. The number of fused-ring (bicyclic) bond motifs is 1. The summed E-state index contributed by atoms with van der Waals surface area (Å²) in [5.41, 5.74) is 2.78. The van der Waals surface area contributed by atoms with Crippen LogP contribution in [-0.2, 0) is 6.54 Å². The van der Waals surface area contributed by atoms with Crippen molar-refractivity contribution in [1.82, 2.24) is 15.5 Å². The quantitative estimate of drug-likeness (QED) is 0.737. The first-order chi connectivity index (χ1) is 12.0. The number of hydrogen-bond donors (Lipinski definition) is 1. The summed E-state index contributed by atoms with van der Waals surface area (Å²) in [6.07, 6.45) is 1.72. The van der Waals surface area contributed by atoms with Crippen molar-refractivity contribution in [3.8, 4) is 11.5 Å². The van der Waals surface area contributed by atoms with E-state index in [0.29, 0.717) is 29.3 Å². The van der Waals surface area contributed by atoms with Crippen LogP contribution in [-0.4, -0.2) is 24.4 Å². The molecular weight excluding hydrogens is 325 g/mol. The molecule has 0 unspecified atom stereocenters. The summed E-state index contributed by atoms with van der Waals surface area (Å²) in [5.74, 6) is 0.519. The molecule has 7 heteroatoms. The number of ether oxygens (including phenoxy) is 2. The molecule has 1 atom stereocenters. The van der Waals surface area contributed by atoms with E-state index >= 15 is 0 Å². The first-order valence-corrected chi connectivity index (χ1v) is 7.89. The molecule has 0 aliphatic carbocycles. The first kappa shape index (κ1) is 17.2. The van der Waals surface area contributed by atoms with Gasteiger partial charge in [-0.25, -0.2) is 9.37 Å². The Morgan fingerprint density at radius 1 is 1.20 bits per heavy atom. The zero-order valence-electron chi connectivity index (χ0n) is 14.6. The van der Waals surface area contributed by atoms with Gasteiger partial charge in [0.1, 0.15) is 5.82 Å². The molecule has 25 heavy (non-hydrogen) atoms. The Morgan fingerprint density at radius 2 is 1.92 bits per heavy atom. The second-order valence-corrected chi connectivity index (χ2v) is 5.80. The normalized spacial score (nSPS) is 12.4. The molecule has 2 aromatic heterocycles.